The van der Waals surface area contributed by atoms with Crippen LogP contribution in [0.3, 0.4) is 0 Å². The zero-order valence-corrected chi connectivity index (χ0v) is 11.6. The van der Waals surface area contributed by atoms with Crippen molar-refractivity contribution in [1.82, 2.24) is 4.31 Å². The molecule has 0 saturated carbocycles. The Bertz CT molecular complexity index is 481. The summed E-state index contributed by atoms with van der Waals surface area (Å²) in [6, 6.07) is 7.08. The number of hydrogen-bond donors (Lipinski definition) is 0. The highest BCUT2D eigenvalue weighted by molar-refractivity contribution is 9.09. The standard InChI is InChI=1S/C11H14BrNO2S/c1-8-3-5-10(6-4-8)16(14,15)13-7-11(13)9(2)12/h3-6,9,11H,7H2,1-2H3/t9-,11-,13?/m1/s1. The van der Waals surface area contributed by atoms with Crippen molar-refractivity contribution in [3.63, 3.8) is 0 Å². The Labute approximate surface area is 105 Å². The average Bonchev–Trinajstić information content (AvgIpc) is 2.98. The number of alkyl halides is 1. The molecule has 1 aliphatic rings. The average molecular weight is 304 g/mol. The van der Waals surface area contributed by atoms with Crippen LogP contribution in [-0.4, -0.2) is 30.1 Å². The first-order chi connectivity index (χ1) is 7.43. The maximum atomic E-state index is 12.1. The molecule has 0 radical (unpaired) electrons. The zero-order chi connectivity index (χ0) is 11.9. The maximum absolute atomic E-state index is 12.1. The van der Waals surface area contributed by atoms with Crippen LogP contribution < -0.4 is 0 Å². The van der Waals surface area contributed by atoms with Gasteiger partial charge in [0.25, 0.3) is 0 Å². The summed E-state index contributed by atoms with van der Waals surface area (Å²) in [7, 11) is -3.27. The first-order valence-corrected chi connectivity index (χ1v) is 7.51. The Morgan fingerprint density at radius 3 is 2.38 bits per heavy atom. The first-order valence-electron chi connectivity index (χ1n) is 5.15. The SMILES string of the molecule is Cc1ccc(S(=O)(=O)N2C[C@@H]2[C@@H](C)Br)cc1. The highest BCUT2D eigenvalue weighted by atomic mass is 79.9. The maximum Gasteiger partial charge on any atom is 0.243 e. The molecule has 1 aromatic rings. The lowest BCUT2D eigenvalue weighted by Gasteiger charge is -2.07. The quantitative estimate of drug-likeness (QED) is 0.634. The molecule has 16 heavy (non-hydrogen) atoms. The number of halogens is 1. The number of sulfonamides is 1. The van der Waals surface area contributed by atoms with E-state index in [0.29, 0.717) is 11.4 Å². The van der Waals surface area contributed by atoms with E-state index in [0.717, 1.165) is 5.56 Å². The van der Waals surface area contributed by atoms with E-state index < -0.39 is 10.0 Å². The van der Waals surface area contributed by atoms with Gasteiger partial charge in [-0.05, 0) is 19.1 Å². The monoisotopic (exact) mass is 303 g/mol. The molecule has 0 amide bonds. The summed E-state index contributed by atoms with van der Waals surface area (Å²) in [5.74, 6) is 0. The molecule has 0 spiro atoms. The second-order valence-electron chi connectivity index (χ2n) is 4.13. The van der Waals surface area contributed by atoms with E-state index >= 15 is 0 Å². The number of rotatable bonds is 3. The molecule has 1 unspecified atom stereocenters. The molecular formula is C11H14BrNO2S. The van der Waals surface area contributed by atoms with Gasteiger partial charge < -0.3 is 0 Å². The lowest BCUT2D eigenvalue weighted by atomic mass is 10.2. The Morgan fingerprint density at radius 2 is 1.94 bits per heavy atom. The van der Waals surface area contributed by atoms with Gasteiger partial charge in [0, 0.05) is 11.4 Å². The van der Waals surface area contributed by atoms with E-state index in [4.69, 9.17) is 0 Å². The molecule has 88 valence electrons. The zero-order valence-electron chi connectivity index (χ0n) is 9.22. The van der Waals surface area contributed by atoms with Crippen LogP contribution in [0, 0.1) is 6.92 Å². The van der Waals surface area contributed by atoms with Gasteiger partial charge in [-0.25, -0.2) is 8.42 Å². The van der Waals surface area contributed by atoms with E-state index in [9.17, 15) is 8.42 Å². The lowest BCUT2D eigenvalue weighted by Crippen LogP contribution is -2.17. The van der Waals surface area contributed by atoms with Gasteiger partial charge in [0.15, 0.2) is 0 Å². The van der Waals surface area contributed by atoms with Gasteiger partial charge in [0.05, 0.1) is 10.9 Å². The van der Waals surface area contributed by atoms with Gasteiger partial charge in [-0.3, -0.25) is 0 Å². The van der Waals surface area contributed by atoms with Gasteiger partial charge in [-0.1, -0.05) is 40.5 Å². The summed E-state index contributed by atoms with van der Waals surface area (Å²) in [6.45, 7) is 4.52. The van der Waals surface area contributed by atoms with E-state index in [-0.39, 0.29) is 10.9 Å². The Morgan fingerprint density at radius 1 is 1.38 bits per heavy atom. The molecular weight excluding hydrogens is 290 g/mol. The molecule has 0 aliphatic carbocycles. The van der Waals surface area contributed by atoms with Crippen molar-refractivity contribution >= 4 is 26.0 Å². The van der Waals surface area contributed by atoms with Crippen LogP contribution in [0.5, 0.6) is 0 Å². The van der Waals surface area contributed by atoms with Crippen LogP contribution in [0.1, 0.15) is 12.5 Å². The Hall–Kier alpha value is -0.390. The minimum atomic E-state index is -3.27. The molecule has 1 fully saturated rings. The van der Waals surface area contributed by atoms with Crippen LogP contribution in [-0.2, 0) is 10.0 Å². The fraction of sp³-hybridized carbons (Fsp3) is 0.455. The van der Waals surface area contributed by atoms with Crippen molar-refractivity contribution in [3.05, 3.63) is 29.8 Å². The van der Waals surface area contributed by atoms with Crippen LogP contribution in [0.4, 0.5) is 0 Å². The predicted octanol–water partition coefficient (Wildman–Crippen LogP) is 2.15. The van der Waals surface area contributed by atoms with E-state index in [1.54, 1.807) is 12.1 Å². The minimum absolute atomic E-state index is 0.103. The predicted molar refractivity (Wildman–Crippen MR) is 67.2 cm³/mol. The Kier molecular flexibility index (Phi) is 3.11. The number of benzene rings is 1. The highest BCUT2D eigenvalue weighted by Crippen LogP contribution is 2.32. The summed E-state index contributed by atoms with van der Waals surface area (Å²) >= 11 is 3.41. The number of nitrogens with zero attached hydrogens (tertiary/aromatic N) is 1. The highest BCUT2D eigenvalue weighted by Gasteiger charge is 2.46. The third kappa shape index (κ3) is 2.17. The molecule has 1 aliphatic heterocycles. The molecule has 3 nitrogen and oxygen atoms in total. The lowest BCUT2D eigenvalue weighted by molar-refractivity contribution is 0.551. The second-order valence-corrected chi connectivity index (χ2v) is 7.47. The Balaban J connectivity index is 2.24. The molecule has 0 bridgehead atoms. The summed E-state index contributed by atoms with van der Waals surface area (Å²) in [6.07, 6.45) is 0. The molecule has 1 heterocycles. The molecule has 1 aromatic carbocycles. The fourth-order valence-corrected chi connectivity index (χ4v) is 3.88. The molecule has 3 atom stereocenters. The van der Waals surface area contributed by atoms with Crippen LogP contribution in [0.25, 0.3) is 0 Å². The van der Waals surface area contributed by atoms with Gasteiger partial charge >= 0.3 is 0 Å². The third-order valence-electron chi connectivity index (χ3n) is 2.76. The van der Waals surface area contributed by atoms with E-state index in [2.05, 4.69) is 15.9 Å². The van der Waals surface area contributed by atoms with Gasteiger partial charge in [0.1, 0.15) is 0 Å². The van der Waals surface area contributed by atoms with Crippen molar-refractivity contribution in [2.75, 3.05) is 6.54 Å². The number of hydrogen-bond acceptors (Lipinski definition) is 2. The first kappa shape index (κ1) is 12.1. The van der Waals surface area contributed by atoms with Crippen molar-refractivity contribution in [2.24, 2.45) is 0 Å². The number of aryl methyl sites for hydroxylation is 1. The van der Waals surface area contributed by atoms with Crippen molar-refractivity contribution in [1.29, 1.82) is 0 Å². The van der Waals surface area contributed by atoms with E-state index in [1.807, 2.05) is 26.0 Å². The third-order valence-corrected chi connectivity index (χ3v) is 5.28. The van der Waals surface area contributed by atoms with Gasteiger partial charge in [-0.15, -0.1) is 0 Å². The normalized spacial score (nSPS) is 26.4. The van der Waals surface area contributed by atoms with Crippen LogP contribution >= 0.6 is 15.9 Å². The molecule has 2 rings (SSSR count). The summed E-state index contributed by atoms with van der Waals surface area (Å²) in [5, 5.41) is 0. The van der Waals surface area contributed by atoms with Crippen LogP contribution in [0.15, 0.2) is 29.2 Å². The van der Waals surface area contributed by atoms with Crippen molar-refractivity contribution in [3.8, 4) is 0 Å². The molecule has 0 N–H and O–H groups in total. The minimum Gasteiger partial charge on any atom is -0.207 e. The van der Waals surface area contributed by atoms with Gasteiger partial charge in [-0.2, -0.15) is 4.31 Å². The smallest absolute Gasteiger partial charge is 0.207 e. The van der Waals surface area contributed by atoms with Crippen molar-refractivity contribution < 1.29 is 8.42 Å². The molecule has 5 heteroatoms. The topological polar surface area (TPSA) is 37.1 Å². The van der Waals surface area contributed by atoms with E-state index in [1.165, 1.54) is 4.31 Å². The second kappa shape index (κ2) is 4.13. The molecule has 1 saturated heterocycles. The summed E-state index contributed by atoms with van der Waals surface area (Å²) in [5.41, 5.74) is 1.06. The fourth-order valence-electron chi connectivity index (χ4n) is 1.63. The summed E-state index contributed by atoms with van der Waals surface area (Å²) < 4.78 is 25.8. The van der Waals surface area contributed by atoms with Crippen LogP contribution in [0.2, 0.25) is 0 Å². The summed E-state index contributed by atoms with van der Waals surface area (Å²) in [4.78, 5) is 0.585. The van der Waals surface area contributed by atoms with Crippen molar-refractivity contribution in [2.45, 2.75) is 29.6 Å². The molecule has 0 aromatic heterocycles. The largest absolute Gasteiger partial charge is 0.243 e. The van der Waals surface area contributed by atoms with Gasteiger partial charge in [0.2, 0.25) is 10.0 Å².